The topological polar surface area (TPSA) is 32.3 Å². The molecule has 2 aliphatic rings. The predicted octanol–water partition coefficient (Wildman–Crippen LogP) is 2.27. The summed E-state index contributed by atoms with van der Waals surface area (Å²) in [5, 5.41) is 3.39. The maximum atomic E-state index is 12.6. The number of rotatable bonds is 2. The van der Waals surface area contributed by atoms with Crippen molar-refractivity contribution < 1.29 is 4.79 Å². The van der Waals surface area contributed by atoms with E-state index in [4.69, 9.17) is 0 Å². The number of hydrogen-bond donors (Lipinski definition) is 1. The van der Waals surface area contributed by atoms with Crippen LogP contribution in [0.2, 0.25) is 0 Å². The van der Waals surface area contributed by atoms with Crippen molar-refractivity contribution in [2.45, 2.75) is 52.0 Å². The molecule has 0 radical (unpaired) electrons. The van der Waals surface area contributed by atoms with Crippen LogP contribution in [0.1, 0.15) is 46.0 Å². The Balaban J connectivity index is 1.94. The summed E-state index contributed by atoms with van der Waals surface area (Å²) in [5.41, 5.74) is 0. The predicted molar refractivity (Wildman–Crippen MR) is 74.3 cm³/mol. The number of carbonyl (C=O) groups excluding carboxylic acids is 1. The molecule has 1 heterocycles. The molecule has 0 aromatic rings. The quantitative estimate of drug-likeness (QED) is 0.817. The minimum atomic E-state index is 0.202. The minimum absolute atomic E-state index is 0.202. The zero-order chi connectivity index (χ0) is 13.1. The van der Waals surface area contributed by atoms with E-state index >= 15 is 0 Å². The third kappa shape index (κ3) is 3.05. The van der Waals surface area contributed by atoms with Gasteiger partial charge in [-0.1, -0.05) is 26.7 Å². The Labute approximate surface area is 111 Å². The average Bonchev–Trinajstić information content (AvgIpc) is 2.37. The first-order valence-electron chi connectivity index (χ1n) is 7.57. The molecule has 4 unspecified atom stereocenters. The molecule has 0 aromatic carbocycles. The van der Waals surface area contributed by atoms with Gasteiger partial charge in [0.15, 0.2) is 0 Å². The van der Waals surface area contributed by atoms with E-state index in [1.54, 1.807) is 0 Å². The average molecular weight is 252 g/mol. The van der Waals surface area contributed by atoms with Crippen LogP contribution in [0.4, 0.5) is 0 Å². The summed E-state index contributed by atoms with van der Waals surface area (Å²) in [6, 6.07) is 0.475. The van der Waals surface area contributed by atoms with E-state index in [1.165, 1.54) is 25.7 Å². The zero-order valence-electron chi connectivity index (χ0n) is 12.1. The van der Waals surface area contributed by atoms with Crippen LogP contribution in [-0.4, -0.2) is 37.0 Å². The van der Waals surface area contributed by atoms with Gasteiger partial charge in [-0.05, 0) is 37.6 Å². The molecular weight excluding hydrogens is 224 g/mol. The highest BCUT2D eigenvalue weighted by Gasteiger charge is 2.33. The number of hydrogen-bond acceptors (Lipinski definition) is 2. The summed E-state index contributed by atoms with van der Waals surface area (Å²) in [6.07, 6.45) is 6.14. The molecule has 0 spiro atoms. The van der Waals surface area contributed by atoms with Crippen molar-refractivity contribution in [3.63, 3.8) is 0 Å². The van der Waals surface area contributed by atoms with E-state index in [-0.39, 0.29) is 5.92 Å². The first kappa shape index (κ1) is 13.9. The molecule has 18 heavy (non-hydrogen) atoms. The van der Waals surface area contributed by atoms with Crippen molar-refractivity contribution >= 4 is 5.91 Å². The number of carbonyl (C=O) groups is 1. The molecule has 3 nitrogen and oxygen atoms in total. The minimum Gasteiger partial charge on any atom is -0.342 e. The molecule has 2 rings (SSSR count). The van der Waals surface area contributed by atoms with E-state index in [0.717, 1.165) is 19.5 Å². The lowest BCUT2D eigenvalue weighted by molar-refractivity contribution is -0.139. The second-order valence-corrected chi connectivity index (χ2v) is 6.47. The van der Waals surface area contributed by atoms with Gasteiger partial charge in [0.1, 0.15) is 0 Å². The fraction of sp³-hybridized carbons (Fsp3) is 0.933. The molecule has 3 heteroatoms. The summed E-state index contributed by atoms with van der Waals surface area (Å²) >= 11 is 0. The molecule has 1 aliphatic heterocycles. The van der Waals surface area contributed by atoms with Crippen molar-refractivity contribution in [3.8, 4) is 0 Å². The maximum absolute atomic E-state index is 12.6. The molecule has 0 bridgehead atoms. The Bertz CT molecular complexity index is 292. The molecule has 104 valence electrons. The van der Waals surface area contributed by atoms with Crippen molar-refractivity contribution in [1.29, 1.82) is 0 Å². The highest BCUT2D eigenvalue weighted by molar-refractivity contribution is 5.79. The van der Waals surface area contributed by atoms with Gasteiger partial charge in [0, 0.05) is 19.6 Å². The van der Waals surface area contributed by atoms with Crippen LogP contribution in [-0.2, 0) is 4.79 Å². The molecule has 1 amide bonds. The number of amides is 1. The molecule has 1 saturated carbocycles. The Morgan fingerprint density at radius 3 is 2.56 bits per heavy atom. The Kier molecular flexibility index (Phi) is 4.66. The SMILES string of the molecule is CC1CNCC(C(=O)N(C)C2CCCCC2C)C1. The van der Waals surface area contributed by atoms with Gasteiger partial charge in [0.25, 0.3) is 0 Å². The van der Waals surface area contributed by atoms with Crippen LogP contribution in [0, 0.1) is 17.8 Å². The Hall–Kier alpha value is -0.570. The van der Waals surface area contributed by atoms with Crippen LogP contribution in [0.15, 0.2) is 0 Å². The third-order valence-electron chi connectivity index (χ3n) is 4.83. The first-order chi connectivity index (χ1) is 8.59. The van der Waals surface area contributed by atoms with Gasteiger partial charge in [0.05, 0.1) is 5.92 Å². The molecule has 4 atom stereocenters. The van der Waals surface area contributed by atoms with Crippen molar-refractivity contribution in [3.05, 3.63) is 0 Å². The van der Waals surface area contributed by atoms with Gasteiger partial charge >= 0.3 is 0 Å². The number of nitrogens with zero attached hydrogens (tertiary/aromatic N) is 1. The standard InChI is InChI=1S/C15H28N2O/c1-11-8-13(10-16-9-11)15(18)17(3)14-7-5-4-6-12(14)2/h11-14,16H,4-10H2,1-3H3. The highest BCUT2D eigenvalue weighted by Crippen LogP contribution is 2.29. The van der Waals surface area contributed by atoms with Gasteiger partial charge in [-0.2, -0.15) is 0 Å². The largest absolute Gasteiger partial charge is 0.342 e. The fourth-order valence-electron chi connectivity index (χ4n) is 3.67. The normalized spacial score (nSPS) is 37.3. The molecular formula is C15H28N2O. The summed E-state index contributed by atoms with van der Waals surface area (Å²) in [7, 11) is 2.02. The van der Waals surface area contributed by atoms with E-state index in [1.807, 2.05) is 7.05 Å². The van der Waals surface area contributed by atoms with Gasteiger partial charge in [-0.25, -0.2) is 0 Å². The lowest BCUT2D eigenvalue weighted by Crippen LogP contribution is -2.49. The number of nitrogens with one attached hydrogen (secondary N) is 1. The van der Waals surface area contributed by atoms with Crippen molar-refractivity contribution in [2.75, 3.05) is 20.1 Å². The lowest BCUT2D eigenvalue weighted by Gasteiger charge is -2.39. The van der Waals surface area contributed by atoms with Gasteiger partial charge in [-0.15, -0.1) is 0 Å². The summed E-state index contributed by atoms with van der Waals surface area (Å²) < 4.78 is 0. The smallest absolute Gasteiger partial charge is 0.226 e. The van der Waals surface area contributed by atoms with E-state index in [2.05, 4.69) is 24.1 Å². The molecule has 0 aromatic heterocycles. The highest BCUT2D eigenvalue weighted by atomic mass is 16.2. The van der Waals surface area contributed by atoms with Crippen LogP contribution < -0.4 is 5.32 Å². The van der Waals surface area contributed by atoms with E-state index in [9.17, 15) is 4.79 Å². The fourth-order valence-corrected chi connectivity index (χ4v) is 3.67. The maximum Gasteiger partial charge on any atom is 0.226 e. The molecule has 2 fully saturated rings. The first-order valence-corrected chi connectivity index (χ1v) is 7.57. The summed E-state index contributed by atoms with van der Waals surface area (Å²) in [4.78, 5) is 14.6. The number of piperidine rings is 1. The third-order valence-corrected chi connectivity index (χ3v) is 4.83. The Morgan fingerprint density at radius 1 is 1.17 bits per heavy atom. The van der Waals surface area contributed by atoms with Crippen molar-refractivity contribution in [1.82, 2.24) is 10.2 Å². The zero-order valence-corrected chi connectivity index (χ0v) is 12.1. The van der Waals surface area contributed by atoms with Crippen LogP contribution >= 0.6 is 0 Å². The summed E-state index contributed by atoms with van der Waals surface area (Å²) in [5.74, 6) is 1.87. The van der Waals surface area contributed by atoms with Gasteiger partial charge in [-0.3, -0.25) is 4.79 Å². The monoisotopic (exact) mass is 252 g/mol. The van der Waals surface area contributed by atoms with E-state index < -0.39 is 0 Å². The molecule has 1 N–H and O–H groups in total. The van der Waals surface area contributed by atoms with Crippen LogP contribution in [0.5, 0.6) is 0 Å². The van der Waals surface area contributed by atoms with Crippen LogP contribution in [0.25, 0.3) is 0 Å². The van der Waals surface area contributed by atoms with E-state index in [0.29, 0.717) is 23.8 Å². The second kappa shape index (κ2) is 6.05. The molecule has 1 saturated heterocycles. The summed E-state index contributed by atoms with van der Waals surface area (Å²) in [6.45, 7) is 6.47. The Morgan fingerprint density at radius 2 is 1.89 bits per heavy atom. The van der Waals surface area contributed by atoms with Crippen molar-refractivity contribution in [2.24, 2.45) is 17.8 Å². The van der Waals surface area contributed by atoms with Gasteiger partial charge < -0.3 is 10.2 Å². The second-order valence-electron chi connectivity index (χ2n) is 6.47. The molecule has 1 aliphatic carbocycles. The lowest BCUT2D eigenvalue weighted by atomic mass is 9.83. The van der Waals surface area contributed by atoms with Crippen LogP contribution in [0.3, 0.4) is 0 Å². The van der Waals surface area contributed by atoms with Gasteiger partial charge in [0.2, 0.25) is 5.91 Å².